The van der Waals surface area contributed by atoms with Gasteiger partial charge in [0.1, 0.15) is 0 Å². The molecule has 1 saturated heterocycles. The molecule has 1 aromatic carbocycles. The van der Waals surface area contributed by atoms with Gasteiger partial charge in [-0.2, -0.15) is 0 Å². The Kier molecular flexibility index (Phi) is 4.88. The van der Waals surface area contributed by atoms with Crippen LogP contribution in [0.3, 0.4) is 0 Å². The molecule has 0 spiro atoms. The number of piperazine rings is 1. The van der Waals surface area contributed by atoms with Gasteiger partial charge in [-0.05, 0) is 32.4 Å². The van der Waals surface area contributed by atoms with Crippen LogP contribution in [0.25, 0.3) is 0 Å². The van der Waals surface area contributed by atoms with Crippen molar-refractivity contribution in [2.24, 2.45) is 0 Å². The van der Waals surface area contributed by atoms with Gasteiger partial charge in [-0.15, -0.1) is 11.8 Å². The molecule has 1 amide bonds. The fraction of sp³-hybridized carbons (Fsp3) is 0.533. The fourth-order valence-corrected chi connectivity index (χ4v) is 3.28. The molecule has 3 nitrogen and oxygen atoms in total. The highest BCUT2D eigenvalue weighted by Crippen LogP contribution is 2.23. The van der Waals surface area contributed by atoms with Gasteiger partial charge in [-0.3, -0.25) is 4.79 Å². The average molecular weight is 278 g/mol. The minimum atomic E-state index is 0.249. The summed E-state index contributed by atoms with van der Waals surface area (Å²) in [6, 6.07) is 6.80. The summed E-state index contributed by atoms with van der Waals surface area (Å²) in [6.07, 6.45) is 0. The number of nitrogens with one attached hydrogen (secondary N) is 1. The van der Waals surface area contributed by atoms with Gasteiger partial charge in [0.05, 0.1) is 5.75 Å². The first kappa shape index (κ1) is 14.4. The topological polar surface area (TPSA) is 32.3 Å². The third kappa shape index (κ3) is 3.98. The molecule has 1 heterocycles. The molecule has 1 aliphatic rings. The van der Waals surface area contributed by atoms with E-state index in [0.717, 1.165) is 19.6 Å². The molecule has 4 heteroatoms. The maximum Gasteiger partial charge on any atom is 0.233 e. The number of aryl methyl sites for hydroxylation is 2. The first-order valence-corrected chi connectivity index (χ1v) is 7.76. The molecule has 2 rings (SSSR count). The maximum atomic E-state index is 12.2. The Morgan fingerprint density at radius 1 is 1.47 bits per heavy atom. The molecule has 0 bridgehead atoms. The Bertz CT molecular complexity index is 461. The van der Waals surface area contributed by atoms with Crippen LogP contribution in [0.5, 0.6) is 0 Å². The zero-order valence-corrected chi connectivity index (χ0v) is 12.7. The molecule has 0 aromatic heterocycles. The van der Waals surface area contributed by atoms with Gasteiger partial charge >= 0.3 is 0 Å². The number of hydrogen-bond acceptors (Lipinski definition) is 3. The average Bonchev–Trinajstić information content (AvgIpc) is 2.39. The molecule has 1 aliphatic heterocycles. The Morgan fingerprint density at radius 2 is 2.26 bits per heavy atom. The van der Waals surface area contributed by atoms with E-state index < -0.39 is 0 Å². The standard InChI is InChI=1S/C15H22N2OS/c1-11-4-5-12(2)14(8-11)19-10-15(18)17-7-6-16-13(3)9-17/h4-5,8,13,16H,6-7,9-10H2,1-3H3. The number of nitrogens with zero attached hydrogens (tertiary/aromatic N) is 1. The van der Waals surface area contributed by atoms with E-state index in [9.17, 15) is 4.79 Å². The summed E-state index contributed by atoms with van der Waals surface area (Å²) < 4.78 is 0. The van der Waals surface area contributed by atoms with E-state index in [1.807, 2.05) is 4.90 Å². The number of amides is 1. The third-order valence-corrected chi connectivity index (χ3v) is 4.56. The van der Waals surface area contributed by atoms with Crippen molar-refractivity contribution in [3.05, 3.63) is 29.3 Å². The number of carbonyl (C=O) groups is 1. The van der Waals surface area contributed by atoms with Crippen molar-refractivity contribution in [1.29, 1.82) is 0 Å². The van der Waals surface area contributed by atoms with Crippen molar-refractivity contribution in [2.45, 2.75) is 31.7 Å². The van der Waals surface area contributed by atoms with E-state index in [-0.39, 0.29) is 5.91 Å². The first-order valence-electron chi connectivity index (χ1n) is 6.77. The van der Waals surface area contributed by atoms with Gasteiger partial charge in [-0.1, -0.05) is 17.7 Å². The van der Waals surface area contributed by atoms with Crippen LogP contribution in [0.2, 0.25) is 0 Å². The van der Waals surface area contributed by atoms with Crippen molar-refractivity contribution in [3.8, 4) is 0 Å². The predicted molar refractivity (Wildman–Crippen MR) is 80.7 cm³/mol. The number of rotatable bonds is 3. The third-order valence-electron chi connectivity index (χ3n) is 3.42. The van der Waals surface area contributed by atoms with Crippen LogP contribution >= 0.6 is 11.8 Å². The first-order chi connectivity index (χ1) is 9.06. The molecule has 1 fully saturated rings. The van der Waals surface area contributed by atoms with Crippen LogP contribution in [0.15, 0.2) is 23.1 Å². The lowest BCUT2D eigenvalue weighted by atomic mass is 10.2. The molecule has 1 atom stereocenters. The highest BCUT2D eigenvalue weighted by Gasteiger charge is 2.20. The van der Waals surface area contributed by atoms with Crippen LogP contribution in [-0.4, -0.2) is 42.2 Å². The smallest absolute Gasteiger partial charge is 0.233 e. The van der Waals surface area contributed by atoms with Crippen molar-refractivity contribution in [1.82, 2.24) is 10.2 Å². The van der Waals surface area contributed by atoms with Gasteiger partial charge < -0.3 is 10.2 Å². The zero-order valence-electron chi connectivity index (χ0n) is 11.9. The van der Waals surface area contributed by atoms with Crippen molar-refractivity contribution in [2.75, 3.05) is 25.4 Å². The highest BCUT2D eigenvalue weighted by molar-refractivity contribution is 8.00. The minimum Gasteiger partial charge on any atom is -0.339 e. The number of carbonyl (C=O) groups excluding carboxylic acids is 1. The number of benzene rings is 1. The summed E-state index contributed by atoms with van der Waals surface area (Å²) in [7, 11) is 0. The molecular formula is C15H22N2OS. The molecule has 1 N–H and O–H groups in total. The molecule has 0 radical (unpaired) electrons. The van der Waals surface area contributed by atoms with Crippen LogP contribution < -0.4 is 5.32 Å². The van der Waals surface area contributed by atoms with E-state index in [1.165, 1.54) is 16.0 Å². The zero-order chi connectivity index (χ0) is 13.8. The monoisotopic (exact) mass is 278 g/mol. The van der Waals surface area contributed by atoms with Gasteiger partial charge in [0.25, 0.3) is 0 Å². The Labute approximate surface area is 119 Å². The molecule has 1 aromatic rings. The lowest BCUT2D eigenvalue weighted by Crippen LogP contribution is -2.51. The predicted octanol–water partition coefficient (Wildman–Crippen LogP) is 2.22. The van der Waals surface area contributed by atoms with E-state index in [1.54, 1.807) is 11.8 Å². The van der Waals surface area contributed by atoms with Gasteiger partial charge in [-0.25, -0.2) is 0 Å². The summed E-state index contributed by atoms with van der Waals surface area (Å²) in [5, 5.41) is 3.36. The lowest BCUT2D eigenvalue weighted by molar-refractivity contribution is -0.129. The number of hydrogen-bond donors (Lipinski definition) is 1. The SMILES string of the molecule is Cc1ccc(C)c(SCC(=O)N2CCNC(C)C2)c1. The summed E-state index contributed by atoms with van der Waals surface area (Å²) >= 11 is 1.65. The maximum absolute atomic E-state index is 12.2. The van der Waals surface area contributed by atoms with E-state index in [4.69, 9.17) is 0 Å². The molecule has 0 aliphatic carbocycles. The van der Waals surface area contributed by atoms with Gasteiger partial charge in [0, 0.05) is 30.6 Å². The molecular weight excluding hydrogens is 256 g/mol. The van der Waals surface area contributed by atoms with Crippen LogP contribution in [0.4, 0.5) is 0 Å². The lowest BCUT2D eigenvalue weighted by Gasteiger charge is -2.31. The summed E-state index contributed by atoms with van der Waals surface area (Å²) in [6.45, 7) is 8.86. The highest BCUT2D eigenvalue weighted by atomic mass is 32.2. The van der Waals surface area contributed by atoms with Gasteiger partial charge in [0.15, 0.2) is 0 Å². The second-order valence-corrected chi connectivity index (χ2v) is 6.27. The molecule has 1 unspecified atom stereocenters. The summed E-state index contributed by atoms with van der Waals surface area (Å²) in [5.41, 5.74) is 2.49. The van der Waals surface area contributed by atoms with Crippen LogP contribution in [-0.2, 0) is 4.79 Å². The normalized spacial score (nSPS) is 19.5. The minimum absolute atomic E-state index is 0.249. The Hall–Kier alpha value is -1.00. The summed E-state index contributed by atoms with van der Waals surface area (Å²) in [4.78, 5) is 15.4. The molecule has 0 saturated carbocycles. The van der Waals surface area contributed by atoms with Crippen LogP contribution in [0, 0.1) is 13.8 Å². The molecule has 104 valence electrons. The second-order valence-electron chi connectivity index (χ2n) is 5.25. The number of thioether (sulfide) groups is 1. The fourth-order valence-electron chi connectivity index (χ4n) is 2.25. The van der Waals surface area contributed by atoms with Crippen molar-refractivity contribution >= 4 is 17.7 Å². The van der Waals surface area contributed by atoms with Crippen molar-refractivity contribution in [3.63, 3.8) is 0 Å². The van der Waals surface area contributed by atoms with E-state index in [2.05, 4.69) is 44.3 Å². The summed E-state index contributed by atoms with van der Waals surface area (Å²) in [5.74, 6) is 0.788. The quantitative estimate of drug-likeness (QED) is 0.861. The van der Waals surface area contributed by atoms with E-state index in [0.29, 0.717) is 11.8 Å². The van der Waals surface area contributed by atoms with Crippen molar-refractivity contribution < 1.29 is 4.79 Å². The molecule has 19 heavy (non-hydrogen) atoms. The largest absolute Gasteiger partial charge is 0.339 e. The Morgan fingerprint density at radius 3 is 3.00 bits per heavy atom. The Balaban J connectivity index is 1.91. The second kappa shape index (κ2) is 6.44. The van der Waals surface area contributed by atoms with Crippen LogP contribution in [0.1, 0.15) is 18.1 Å². The van der Waals surface area contributed by atoms with E-state index >= 15 is 0 Å². The van der Waals surface area contributed by atoms with Gasteiger partial charge in [0.2, 0.25) is 5.91 Å².